The minimum atomic E-state index is 0.165. The van der Waals surface area contributed by atoms with E-state index in [0.29, 0.717) is 12.0 Å². The van der Waals surface area contributed by atoms with Crippen molar-refractivity contribution in [1.29, 1.82) is 10.5 Å². The van der Waals surface area contributed by atoms with Crippen LogP contribution in [0.3, 0.4) is 0 Å². The van der Waals surface area contributed by atoms with E-state index in [9.17, 15) is 0 Å². The van der Waals surface area contributed by atoms with E-state index in [4.69, 9.17) is 10.5 Å². The van der Waals surface area contributed by atoms with E-state index in [2.05, 4.69) is 24.0 Å². The molecule has 1 aromatic rings. The van der Waals surface area contributed by atoms with Gasteiger partial charge in [0.05, 0.1) is 0 Å². The predicted molar refractivity (Wildman–Crippen MR) is 79.0 cm³/mol. The van der Waals surface area contributed by atoms with Crippen molar-refractivity contribution in [3.05, 3.63) is 34.9 Å². The topological polar surface area (TPSA) is 50.8 Å². The second kappa shape index (κ2) is 5.02. The molecule has 3 rings (SSSR count). The highest BCUT2D eigenvalue weighted by Crippen LogP contribution is 2.49. The first-order valence-corrected chi connectivity index (χ1v) is 7.21. The number of nitrogens with zero attached hydrogens (tertiary/aromatic N) is 3. The fraction of sp³-hybridized carbons (Fsp3) is 0.412. The largest absolute Gasteiger partial charge is 0.368 e. The molecule has 0 spiro atoms. The van der Waals surface area contributed by atoms with Gasteiger partial charge in [0.1, 0.15) is 17.7 Å². The third kappa shape index (κ3) is 1.87. The van der Waals surface area contributed by atoms with Gasteiger partial charge in [-0.3, -0.25) is 0 Å². The molecule has 0 amide bonds. The van der Waals surface area contributed by atoms with Crippen molar-refractivity contribution in [2.24, 2.45) is 0 Å². The standard InChI is InChI=1S/C17H17N3/c1-2-20-16-5-3-4-14(16)15-9-12(6-7-17(15)20)8-13(10-18)11-19/h6-9,14,16H,2-5H2,1H3. The maximum atomic E-state index is 8.86. The fourth-order valence-electron chi connectivity index (χ4n) is 3.74. The van der Waals surface area contributed by atoms with Crippen LogP contribution in [0.4, 0.5) is 5.69 Å². The van der Waals surface area contributed by atoms with Crippen LogP contribution in [0.1, 0.15) is 43.2 Å². The molecular weight excluding hydrogens is 246 g/mol. The summed E-state index contributed by atoms with van der Waals surface area (Å²) in [7, 11) is 0. The lowest BCUT2D eigenvalue weighted by molar-refractivity contribution is 0.601. The maximum absolute atomic E-state index is 8.86. The molecule has 0 aromatic heterocycles. The zero-order valence-electron chi connectivity index (χ0n) is 11.6. The van der Waals surface area contributed by atoms with Crippen molar-refractivity contribution in [1.82, 2.24) is 0 Å². The molecule has 100 valence electrons. The van der Waals surface area contributed by atoms with E-state index in [-0.39, 0.29) is 5.57 Å². The number of allylic oxidation sites excluding steroid dienone is 1. The van der Waals surface area contributed by atoms with Crippen molar-refractivity contribution in [3.63, 3.8) is 0 Å². The van der Waals surface area contributed by atoms with E-state index >= 15 is 0 Å². The molecule has 1 aliphatic heterocycles. The van der Waals surface area contributed by atoms with Crippen LogP contribution in [0.2, 0.25) is 0 Å². The highest BCUT2D eigenvalue weighted by molar-refractivity contribution is 5.69. The SMILES string of the molecule is CCN1c2ccc(C=C(C#N)C#N)cc2C2CCCC21. The number of hydrogen-bond donors (Lipinski definition) is 0. The normalized spacial score (nSPS) is 22.6. The van der Waals surface area contributed by atoms with E-state index < -0.39 is 0 Å². The lowest BCUT2D eigenvalue weighted by Crippen LogP contribution is -2.30. The molecule has 0 N–H and O–H groups in total. The van der Waals surface area contributed by atoms with Gasteiger partial charge in [-0.15, -0.1) is 0 Å². The molecule has 2 atom stereocenters. The first kappa shape index (κ1) is 12.8. The lowest BCUT2D eigenvalue weighted by Gasteiger charge is -2.25. The van der Waals surface area contributed by atoms with Crippen molar-refractivity contribution in [3.8, 4) is 12.1 Å². The van der Waals surface area contributed by atoms with E-state index in [1.54, 1.807) is 6.08 Å². The van der Waals surface area contributed by atoms with Gasteiger partial charge in [0.25, 0.3) is 0 Å². The van der Waals surface area contributed by atoms with Crippen LogP contribution in [0, 0.1) is 22.7 Å². The summed E-state index contributed by atoms with van der Waals surface area (Å²) in [6.45, 7) is 3.26. The summed E-state index contributed by atoms with van der Waals surface area (Å²) in [4.78, 5) is 2.51. The lowest BCUT2D eigenvalue weighted by atomic mass is 9.95. The summed E-state index contributed by atoms with van der Waals surface area (Å²) in [6, 6.07) is 10.8. The molecule has 0 saturated heterocycles. The third-order valence-corrected chi connectivity index (χ3v) is 4.53. The molecule has 1 aromatic carbocycles. The Morgan fingerprint density at radius 2 is 2.15 bits per heavy atom. The van der Waals surface area contributed by atoms with Gasteiger partial charge in [-0.05, 0) is 49.1 Å². The van der Waals surface area contributed by atoms with Crippen LogP contribution in [-0.2, 0) is 0 Å². The van der Waals surface area contributed by atoms with Crippen LogP contribution in [0.25, 0.3) is 6.08 Å². The zero-order chi connectivity index (χ0) is 14.1. The molecule has 1 aliphatic carbocycles. The summed E-state index contributed by atoms with van der Waals surface area (Å²) >= 11 is 0. The molecule has 2 aliphatic rings. The minimum Gasteiger partial charge on any atom is -0.368 e. The van der Waals surface area contributed by atoms with Gasteiger partial charge < -0.3 is 4.90 Å². The molecule has 20 heavy (non-hydrogen) atoms. The number of fused-ring (bicyclic) bond motifs is 3. The van der Waals surface area contributed by atoms with Gasteiger partial charge in [-0.25, -0.2) is 0 Å². The molecule has 2 unspecified atom stereocenters. The molecular formula is C17H17N3. The second-order valence-corrected chi connectivity index (χ2v) is 5.49. The van der Waals surface area contributed by atoms with Crippen molar-refractivity contribution in [2.45, 2.75) is 38.1 Å². The Morgan fingerprint density at radius 1 is 1.35 bits per heavy atom. The Bertz CT molecular complexity index is 629. The Hall–Kier alpha value is -2.26. The quantitative estimate of drug-likeness (QED) is 0.766. The third-order valence-electron chi connectivity index (χ3n) is 4.53. The first-order chi connectivity index (χ1) is 9.78. The van der Waals surface area contributed by atoms with Crippen LogP contribution < -0.4 is 4.90 Å². The molecule has 3 heteroatoms. The highest BCUT2D eigenvalue weighted by atomic mass is 15.2. The fourth-order valence-corrected chi connectivity index (χ4v) is 3.74. The molecule has 3 nitrogen and oxygen atoms in total. The average molecular weight is 263 g/mol. The first-order valence-electron chi connectivity index (χ1n) is 7.21. The Kier molecular flexibility index (Phi) is 3.20. The van der Waals surface area contributed by atoms with Gasteiger partial charge in [-0.1, -0.05) is 12.5 Å². The highest BCUT2D eigenvalue weighted by Gasteiger charge is 2.40. The van der Waals surface area contributed by atoms with E-state index in [1.165, 1.54) is 30.5 Å². The summed E-state index contributed by atoms with van der Waals surface area (Å²) in [5, 5.41) is 17.7. The van der Waals surface area contributed by atoms with E-state index in [1.807, 2.05) is 18.2 Å². The Labute approximate surface area is 119 Å². The minimum absolute atomic E-state index is 0.165. The summed E-state index contributed by atoms with van der Waals surface area (Å²) in [5.74, 6) is 0.630. The number of anilines is 1. The van der Waals surface area contributed by atoms with Gasteiger partial charge >= 0.3 is 0 Å². The van der Waals surface area contributed by atoms with Crippen LogP contribution in [-0.4, -0.2) is 12.6 Å². The number of benzene rings is 1. The van der Waals surface area contributed by atoms with Gasteiger partial charge in [0, 0.05) is 24.2 Å². The van der Waals surface area contributed by atoms with Crippen molar-refractivity contribution < 1.29 is 0 Å². The van der Waals surface area contributed by atoms with E-state index in [0.717, 1.165) is 12.1 Å². The number of likely N-dealkylation sites (N-methyl/N-ethyl adjacent to an activating group) is 1. The molecule has 1 fully saturated rings. The zero-order valence-corrected chi connectivity index (χ0v) is 11.6. The smallest absolute Gasteiger partial charge is 0.130 e. The summed E-state index contributed by atoms with van der Waals surface area (Å²) in [5.41, 5.74) is 3.87. The van der Waals surface area contributed by atoms with Crippen LogP contribution in [0.15, 0.2) is 23.8 Å². The second-order valence-electron chi connectivity index (χ2n) is 5.49. The average Bonchev–Trinajstić information content (AvgIpc) is 3.05. The molecule has 0 radical (unpaired) electrons. The van der Waals surface area contributed by atoms with Crippen molar-refractivity contribution >= 4 is 11.8 Å². The van der Waals surface area contributed by atoms with Gasteiger partial charge in [0.15, 0.2) is 0 Å². The Morgan fingerprint density at radius 3 is 2.85 bits per heavy atom. The number of nitriles is 2. The van der Waals surface area contributed by atoms with Crippen LogP contribution in [0.5, 0.6) is 0 Å². The predicted octanol–water partition coefficient (Wildman–Crippen LogP) is 3.59. The van der Waals surface area contributed by atoms with Gasteiger partial charge in [0.2, 0.25) is 0 Å². The number of rotatable bonds is 2. The summed E-state index contributed by atoms with van der Waals surface area (Å²) in [6.07, 6.45) is 5.51. The van der Waals surface area contributed by atoms with Crippen molar-refractivity contribution in [2.75, 3.05) is 11.4 Å². The Balaban J connectivity index is 2.03. The van der Waals surface area contributed by atoms with Crippen LogP contribution >= 0.6 is 0 Å². The molecule has 0 bridgehead atoms. The molecule has 1 saturated carbocycles. The summed E-state index contributed by atoms with van der Waals surface area (Å²) < 4.78 is 0. The number of hydrogen-bond acceptors (Lipinski definition) is 3. The molecule has 1 heterocycles. The van der Waals surface area contributed by atoms with Gasteiger partial charge in [-0.2, -0.15) is 10.5 Å². The maximum Gasteiger partial charge on any atom is 0.130 e. The monoisotopic (exact) mass is 263 g/mol.